The average molecular weight is 865 g/mol. The van der Waals surface area contributed by atoms with Crippen LogP contribution in [0.4, 0.5) is 0 Å². The third-order valence-corrected chi connectivity index (χ3v) is 8.51. The maximum atomic E-state index is 11.2. The highest BCUT2D eigenvalue weighted by molar-refractivity contribution is 5.87. The van der Waals surface area contributed by atoms with Crippen molar-refractivity contribution in [3.63, 3.8) is 0 Å². The van der Waals surface area contributed by atoms with Crippen LogP contribution in [0.25, 0.3) is 0 Å². The highest BCUT2D eigenvalue weighted by atomic mass is 16.1. The van der Waals surface area contributed by atoms with Gasteiger partial charge < -0.3 is 68.8 Å². The van der Waals surface area contributed by atoms with Crippen molar-refractivity contribution in [2.75, 3.05) is 39.3 Å². The first kappa shape index (κ1) is 69.2. The SMILES string of the molecule is CC(C)C(=O)[C@@H](N)CCCN.CC(C)C(=O)[C@@H](N)CCN.CC(C)C(=O)[C@@H](N)CN.CC(C)C(=O)[C@H](N)CCCN.CC(C)C(=O)[C@H](N)CCN.CC(C)C(=O)[C@H](N)CN. The molecule has 0 aromatic carbocycles. The van der Waals surface area contributed by atoms with E-state index in [1.807, 2.05) is 83.1 Å². The van der Waals surface area contributed by atoms with E-state index in [0.29, 0.717) is 51.9 Å². The van der Waals surface area contributed by atoms with E-state index in [4.69, 9.17) is 68.8 Å². The van der Waals surface area contributed by atoms with Crippen LogP contribution in [0.1, 0.15) is 122 Å². The Morgan fingerprint density at radius 1 is 0.283 bits per heavy atom. The summed E-state index contributed by atoms with van der Waals surface area (Å²) in [5.74, 6) is 0.712. The molecule has 24 N–H and O–H groups in total. The number of ketones is 6. The maximum absolute atomic E-state index is 11.2. The number of carbonyl (C=O) groups excluding carboxylic acids is 6. The first-order valence-corrected chi connectivity index (χ1v) is 21.5. The third kappa shape index (κ3) is 40.9. The Hall–Kier alpha value is -2.46. The molecule has 360 valence electrons. The van der Waals surface area contributed by atoms with E-state index in [2.05, 4.69) is 0 Å². The van der Waals surface area contributed by atoms with E-state index >= 15 is 0 Å². The number of hydrogen-bond acceptors (Lipinski definition) is 18. The summed E-state index contributed by atoms with van der Waals surface area (Å²) in [5.41, 5.74) is 64.3. The molecule has 0 aliphatic carbocycles. The molecule has 0 aliphatic heterocycles. The highest BCUT2D eigenvalue weighted by Crippen LogP contribution is 2.04. The van der Waals surface area contributed by atoms with E-state index in [-0.39, 0.29) is 107 Å². The van der Waals surface area contributed by atoms with E-state index in [9.17, 15) is 28.8 Å². The predicted octanol–water partition coefficient (Wildman–Crippen LogP) is -0.674. The number of nitrogens with two attached hydrogens (primary N) is 12. The number of carbonyl (C=O) groups is 6. The minimum absolute atomic E-state index is 0.00329. The molecule has 18 nitrogen and oxygen atoms in total. The number of Topliss-reactive ketones (excluding diaryl/α,β-unsaturated/α-hetero) is 6. The minimum Gasteiger partial charge on any atom is -0.330 e. The van der Waals surface area contributed by atoms with Crippen LogP contribution in [0.15, 0.2) is 0 Å². The minimum atomic E-state index is -0.468. The van der Waals surface area contributed by atoms with Gasteiger partial charge in [0.15, 0.2) is 34.7 Å². The molecule has 0 saturated carbocycles. The lowest BCUT2D eigenvalue weighted by molar-refractivity contribution is -0.124. The van der Waals surface area contributed by atoms with Crippen LogP contribution in [0, 0.1) is 35.5 Å². The van der Waals surface area contributed by atoms with Crippen LogP contribution in [0.3, 0.4) is 0 Å². The summed E-state index contributed by atoms with van der Waals surface area (Å²) in [6.07, 6.45) is 4.29. The van der Waals surface area contributed by atoms with Crippen molar-refractivity contribution >= 4 is 34.7 Å². The molecule has 0 aromatic rings. The molecule has 0 aromatic heterocycles. The van der Waals surface area contributed by atoms with Gasteiger partial charge in [0.25, 0.3) is 0 Å². The van der Waals surface area contributed by atoms with Gasteiger partial charge in [-0.1, -0.05) is 83.1 Å². The van der Waals surface area contributed by atoms with Crippen molar-refractivity contribution in [2.24, 2.45) is 104 Å². The Morgan fingerprint density at radius 3 is 0.567 bits per heavy atom. The van der Waals surface area contributed by atoms with Gasteiger partial charge in [0.2, 0.25) is 0 Å². The zero-order valence-corrected chi connectivity index (χ0v) is 39.8. The lowest BCUT2D eigenvalue weighted by Gasteiger charge is -2.11. The van der Waals surface area contributed by atoms with Gasteiger partial charge in [0.1, 0.15) is 0 Å². The van der Waals surface area contributed by atoms with Gasteiger partial charge >= 0.3 is 0 Å². The third-order valence-electron chi connectivity index (χ3n) is 8.51. The van der Waals surface area contributed by atoms with Crippen molar-refractivity contribution in [3.05, 3.63) is 0 Å². The van der Waals surface area contributed by atoms with Gasteiger partial charge in [-0.2, -0.15) is 0 Å². The van der Waals surface area contributed by atoms with Crippen molar-refractivity contribution in [2.45, 2.75) is 158 Å². The van der Waals surface area contributed by atoms with Crippen LogP contribution >= 0.6 is 0 Å². The summed E-state index contributed by atoms with van der Waals surface area (Å²) < 4.78 is 0. The van der Waals surface area contributed by atoms with Gasteiger partial charge in [-0.25, -0.2) is 0 Å². The Kier molecular flexibility index (Phi) is 49.9. The van der Waals surface area contributed by atoms with E-state index < -0.39 is 12.1 Å². The summed E-state index contributed by atoms with van der Waals surface area (Å²) >= 11 is 0. The summed E-state index contributed by atoms with van der Waals surface area (Å²) in [6.45, 7) is 24.8. The molecule has 0 unspecified atom stereocenters. The van der Waals surface area contributed by atoms with E-state index in [1.54, 1.807) is 0 Å². The summed E-state index contributed by atoms with van der Waals surface area (Å²) in [7, 11) is 0. The number of hydrogen-bond donors (Lipinski definition) is 12. The van der Waals surface area contributed by atoms with Crippen molar-refractivity contribution < 1.29 is 28.8 Å². The lowest BCUT2D eigenvalue weighted by Crippen LogP contribution is -2.40. The van der Waals surface area contributed by atoms with Crippen molar-refractivity contribution in [3.8, 4) is 0 Å². The van der Waals surface area contributed by atoms with Crippen molar-refractivity contribution in [1.82, 2.24) is 0 Å². The van der Waals surface area contributed by atoms with Gasteiger partial charge in [-0.15, -0.1) is 0 Å². The second kappa shape index (κ2) is 43.2. The Morgan fingerprint density at radius 2 is 0.450 bits per heavy atom. The van der Waals surface area contributed by atoms with Gasteiger partial charge in [-0.05, 0) is 64.7 Å². The monoisotopic (exact) mass is 865 g/mol. The second-order valence-corrected chi connectivity index (χ2v) is 16.5. The van der Waals surface area contributed by atoms with Crippen LogP contribution in [0.5, 0.6) is 0 Å². The topological polar surface area (TPSA) is 415 Å². The number of rotatable bonds is 24. The van der Waals surface area contributed by atoms with Crippen molar-refractivity contribution in [1.29, 1.82) is 0 Å². The average Bonchev–Trinajstić information content (AvgIpc) is 3.20. The molecule has 0 bridgehead atoms. The highest BCUT2D eigenvalue weighted by Gasteiger charge is 2.18. The molecule has 0 fully saturated rings. The van der Waals surface area contributed by atoms with Crippen LogP contribution in [0.2, 0.25) is 0 Å². The molecule has 0 radical (unpaired) electrons. The fourth-order valence-electron chi connectivity index (χ4n) is 4.40. The fraction of sp³-hybridized carbons (Fsp3) is 0.857. The molecule has 6 atom stereocenters. The summed E-state index contributed by atoms with van der Waals surface area (Å²) in [6, 6.07) is -2.26. The quantitative estimate of drug-likeness (QED) is 0.0572. The first-order chi connectivity index (χ1) is 27.5. The summed E-state index contributed by atoms with van der Waals surface area (Å²) in [5, 5.41) is 0. The standard InChI is InChI=1S/2C8H18N2O.2C7H16N2O.2C6H14N2O/c2*1-6(2)8(11)7(10)4-3-5-9;2*1-5(2)7(10)6(9)3-4-8;2*1-4(2)6(9)5(8)3-7/h2*6-7H,3-5,9-10H2,1-2H3;2*5-6H,3-4,8-9H2,1-2H3;2*4-5H,3,7-8H2,1-2H3/t2*7-;2*6-;2*5-/m101010/s1. The van der Waals surface area contributed by atoms with E-state index in [1.165, 1.54) is 0 Å². The predicted molar refractivity (Wildman–Crippen MR) is 249 cm³/mol. The summed E-state index contributed by atoms with van der Waals surface area (Å²) in [4.78, 5) is 66.2. The molecule has 0 amide bonds. The lowest BCUT2D eigenvalue weighted by atomic mass is 9.99. The van der Waals surface area contributed by atoms with Gasteiger partial charge in [0.05, 0.1) is 36.3 Å². The van der Waals surface area contributed by atoms with Gasteiger partial charge in [-0.3, -0.25) is 28.8 Å². The molecular weight excluding hydrogens is 769 g/mol. The smallest absolute Gasteiger partial charge is 0.153 e. The van der Waals surface area contributed by atoms with Crippen LogP contribution in [-0.4, -0.2) is 110 Å². The molecule has 0 heterocycles. The molecule has 18 heteroatoms. The maximum Gasteiger partial charge on any atom is 0.153 e. The molecule has 0 aliphatic rings. The molecular formula is C42H96N12O6. The Labute approximate surface area is 364 Å². The molecule has 0 saturated heterocycles. The largest absolute Gasteiger partial charge is 0.330 e. The second-order valence-electron chi connectivity index (χ2n) is 16.5. The molecule has 0 rings (SSSR count). The van der Waals surface area contributed by atoms with Crippen LogP contribution < -0.4 is 68.8 Å². The van der Waals surface area contributed by atoms with E-state index in [0.717, 1.165) is 12.8 Å². The Bertz CT molecular complexity index is 1020. The first-order valence-electron chi connectivity index (χ1n) is 21.5. The zero-order chi connectivity index (χ0) is 48.9. The fourth-order valence-corrected chi connectivity index (χ4v) is 4.40. The Balaban J connectivity index is -0.000000146. The van der Waals surface area contributed by atoms with Gasteiger partial charge in [0, 0.05) is 48.6 Å². The zero-order valence-electron chi connectivity index (χ0n) is 39.8. The molecule has 0 spiro atoms. The van der Waals surface area contributed by atoms with Crippen LogP contribution in [-0.2, 0) is 28.8 Å². The normalized spacial score (nSPS) is 13.7. The molecule has 60 heavy (non-hydrogen) atoms.